The number of hydrogen-bond acceptors (Lipinski definition) is 3. The van der Waals surface area contributed by atoms with Crippen molar-refractivity contribution in [1.29, 1.82) is 0 Å². The molecule has 7 heteroatoms. The van der Waals surface area contributed by atoms with Crippen molar-refractivity contribution < 1.29 is 28.2 Å². The van der Waals surface area contributed by atoms with Crippen molar-refractivity contribution in [2.24, 2.45) is 0 Å². The molecule has 0 radical (unpaired) electrons. The van der Waals surface area contributed by atoms with E-state index in [2.05, 4.69) is 11.4 Å². The van der Waals surface area contributed by atoms with Crippen LogP contribution in [0.1, 0.15) is 21.5 Å². The molecular weight excluding hydrogens is 452 g/mol. The number of anilines is 1. The molecule has 5 nitrogen and oxygen atoms in total. The standard InChI is InChI=1S/C28H21F2NO4/c29-23-10-11-25(24(30)17-23)31-28(34)22-8-7-20(9-12-27(32)33)26(16-22)35-14-13-18-5-6-19-3-1-2-4-21(19)15-18/h1-12,15-17H,13-14H2,(H,31,34)(H,32,33)/b12-9+. The molecule has 0 aliphatic heterocycles. The smallest absolute Gasteiger partial charge is 0.328 e. The van der Waals surface area contributed by atoms with Gasteiger partial charge in [0.15, 0.2) is 0 Å². The molecule has 4 rings (SSSR count). The molecule has 35 heavy (non-hydrogen) atoms. The van der Waals surface area contributed by atoms with Gasteiger partial charge >= 0.3 is 5.97 Å². The van der Waals surface area contributed by atoms with E-state index in [1.54, 1.807) is 6.07 Å². The molecule has 0 atom stereocenters. The predicted molar refractivity (Wildman–Crippen MR) is 131 cm³/mol. The molecule has 0 heterocycles. The highest BCUT2D eigenvalue weighted by Crippen LogP contribution is 2.24. The van der Waals surface area contributed by atoms with Crippen molar-refractivity contribution in [1.82, 2.24) is 0 Å². The van der Waals surface area contributed by atoms with Gasteiger partial charge in [-0.1, -0.05) is 48.5 Å². The first-order valence-electron chi connectivity index (χ1n) is 10.8. The van der Waals surface area contributed by atoms with Crippen LogP contribution in [0.4, 0.5) is 14.5 Å². The zero-order chi connectivity index (χ0) is 24.8. The van der Waals surface area contributed by atoms with Crippen molar-refractivity contribution in [2.45, 2.75) is 6.42 Å². The van der Waals surface area contributed by atoms with Crippen LogP contribution in [0.2, 0.25) is 0 Å². The third-order valence-electron chi connectivity index (χ3n) is 5.32. The van der Waals surface area contributed by atoms with Gasteiger partial charge in [-0.3, -0.25) is 4.79 Å². The zero-order valence-electron chi connectivity index (χ0n) is 18.5. The number of carboxylic acids is 1. The summed E-state index contributed by atoms with van der Waals surface area (Å²) in [6.45, 7) is 0.282. The normalized spacial score (nSPS) is 11.0. The van der Waals surface area contributed by atoms with Crippen molar-refractivity contribution in [3.05, 3.63) is 113 Å². The Hall–Kier alpha value is -4.52. The summed E-state index contributed by atoms with van der Waals surface area (Å²) < 4.78 is 33.0. The van der Waals surface area contributed by atoms with Crippen LogP contribution in [-0.2, 0) is 11.2 Å². The maximum absolute atomic E-state index is 13.9. The lowest BCUT2D eigenvalue weighted by atomic mass is 10.1. The highest BCUT2D eigenvalue weighted by molar-refractivity contribution is 6.04. The average Bonchev–Trinajstić information content (AvgIpc) is 2.84. The molecule has 0 saturated heterocycles. The molecule has 176 valence electrons. The van der Waals surface area contributed by atoms with E-state index in [1.165, 1.54) is 18.2 Å². The summed E-state index contributed by atoms with van der Waals surface area (Å²) in [4.78, 5) is 23.6. The van der Waals surface area contributed by atoms with Crippen LogP contribution in [-0.4, -0.2) is 23.6 Å². The Morgan fingerprint density at radius 3 is 2.49 bits per heavy atom. The largest absolute Gasteiger partial charge is 0.493 e. The number of nitrogens with one attached hydrogen (secondary N) is 1. The lowest BCUT2D eigenvalue weighted by molar-refractivity contribution is -0.131. The molecule has 0 aromatic heterocycles. The summed E-state index contributed by atoms with van der Waals surface area (Å²) in [5, 5.41) is 13.6. The van der Waals surface area contributed by atoms with Gasteiger partial charge in [0.2, 0.25) is 0 Å². The number of hydrogen-bond donors (Lipinski definition) is 2. The van der Waals surface area contributed by atoms with Crippen LogP contribution < -0.4 is 10.1 Å². The molecule has 0 aliphatic rings. The van der Waals surface area contributed by atoms with E-state index in [-0.39, 0.29) is 17.9 Å². The van der Waals surface area contributed by atoms with Crippen molar-refractivity contribution in [3.8, 4) is 5.75 Å². The summed E-state index contributed by atoms with van der Waals surface area (Å²) in [5.74, 6) is -3.09. The number of halogens is 2. The zero-order valence-corrected chi connectivity index (χ0v) is 18.5. The van der Waals surface area contributed by atoms with Crippen LogP contribution in [0.3, 0.4) is 0 Å². The molecule has 0 fully saturated rings. The van der Waals surface area contributed by atoms with E-state index in [4.69, 9.17) is 9.84 Å². The molecule has 4 aromatic carbocycles. The van der Waals surface area contributed by atoms with Crippen molar-refractivity contribution in [2.75, 3.05) is 11.9 Å². The number of ether oxygens (including phenoxy) is 1. The van der Waals surface area contributed by atoms with E-state index in [1.807, 2.05) is 36.4 Å². The van der Waals surface area contributed by atoms with Gasteiger partial charge in [-0.2, -0.15) is 0 Å². The number of carbonyl (C=O) groups is 2. The van der Waals surface area contributed by atoms with Gasteiger partial charge in [0, 0.05) is 29.7 Å². The van der Waals surface area contributed by atoms with Crippen LogP contribution in [0.25, 0.3) is 16.8 Å². The van der Waals surface area contributed by atoms with Crippen LogP contribution >= 0.6 is 0 Å². The minimum atomic E-state index is -1.12. The minimum absolute atomic E-state index is 0.162. The van der Waals surface area contributed by atoms with Crippen molar-refractivity contribution >= 4 is 34.4 Å². The number of benzene rings is 4. The van der Waals surface area contributed by atoms with Gasteiger partial charge < -0.3 is 15.2 Å². The first kappa shape index (κ1) is 23.6. The Balaban J connectivity index is 1.52. The Morgan fingerprint density at radius 1 is 0.914 bits per heavy atom. The number of fused-ring (bicyclic) bond motifs is 1. The number of carboxylic acid groups (broad SMARTS) is 1. The van der Waals surface area contributed by atoms with Gasteiger partial charge in [0.05, 0.1) is 12.3 Å². The summed E-state index contributed by atoms with van der Waals surface area (Å²) in [7, 11) is 0. The Bertz CT molecular complexity index is 1430. The second-order valence-corrected chi connectivity index (χ2v) is 7.78. The molecule has 2 N–H and O–H groups in total. The number of rotatable bonds is 8. The summed E-state index contributed by atoms with van der Waals surface area (Å²) in [6, 6.07) is 21.4. The number of aliphatic carboxylic acids is 1. The number of amides is 1. The predicted octanol–water partition coefficient (Wildman–Crippen LogP) is 6.09. The van der Waals surface area contributed by atoms with E-state index in [0.717, 1.165) is 34.5 Å². The third-order valence-corrected chi connectivity index (χ3v) is 5.32. The van der Waals surface area contributed by atoms with Crippen molar-refractivity contribution in [3.63, 3.8) is 0 Å². The van der Waals surface area contributed by atoms with Gasteiger partial charge in [0.25, 0.3) is 5.91 Å². The molecule has 0 bridgehead atoms. The highest BCUT2D eigenvalue weighted by Gasteiger charge is 2.13. The van der Waals surface area contributed by atoms with Gasteiger partial charge in [-0.05, 0) is 46.7 Å². The number of carbonyl (C=O) groups excluding carboxylic acids is 1. The van der Waals surface area contributed by atoms with Crippen LogP contribution in [0, 0.1) is 11.6 Å². The van der Waals surface area contributed by atoms with Gasteiger partial charge in [-0.25, -0.2) is 13.6 Å². The summed E-state index contributed by atoms with van der Waals surface area (Å²) >= 11 is 0. The fourth-order valence-electron chi connectivity index (χ4n) is 3.56. The topological polar surface area (TPSA) is 75.6 Å². The third kappa shape index (κ3) is 6.09. The highest BCUT2D eigenvalue weighted by atomic mass is 19.1. The summed E-state index contributed by atoms with van der Waals surface area (Å²) in [5.41, 5.74) is 1.54. The molecule has 4 aromatic rings. The quantitative estimate of drug-likeness (QED) is 0.304. The van der Waals surface area contributed by atoms with E-state index in [0.29, 0.717) is 23.8 Å². The van der Waals surface area contributed by atoms with Crippen LogP contribution in [0.15, 0.2) is 84.9 Å². The lowest BCUT2D eigenvalue weighted by Gasteiger charge is -2.12. The molecule has 1 amide bonds. The average molecular weight is 473 g/mol. The maximum Gasteiger partial charge on any atom is 0.328 e. The van der Waals surface area contributed by atoms with E-state index >= 15 is 0 Å². The van der Waals surface area contributed by atoms with Gasteiger partial charge in [0.1, 0.15) is 17.4 Å². The Kier molecular flexibility index (Phi) is 7.16. The Morgan fingerprint density at radius 2 is 1.71 bits per heavy atom. The van der Waals surface area contributed by atoms with E-state index in [9.17, 15) is 18.4 Å². The van der Waals surface area contributed by atoms with E-state index < -0.39 is 23.5 Å². The molecule has 0 spiro atoms. The Labute approximate surface area is 200 Å². The molecule has 0 saturated carbocycles. The second kappa shape index (κ2) is 10.6. The van der Waals surface area contributed by atoms with Crippen LogP contribution in [0.5, 0.6) is 5.75 Å². The lowest BCUT2D eigenvalue weighted by Crippen LogP contribution is -2.13. The minimum Gasteiger partial charge on any atom is -0.493 e. The monoisotopic (exact) mass is 473 g/mol. The maximum atomic E-state index is 13.9. The first-order chi connectivity index (χ1) is 16.9. The summed E-state index contributed by atoms with van der Waals surface area (Å²) in [6.07, 6.45) is 2.93. The first-order valence-corrected chi connectivity index (χ1v) is 10.8. The van der Waals surface area contributed by atoms with Gasteiger partial charge in [-0.15, -0.1) is 0 Å². The molecular formula is C28H21F2NO4. The fraction of sp³-hybridized carbons (Fsp3) is 0.0714. The SMILES string of the molecule is O=C(O)/C=C/c1ccc(C(=O)Nc2ccc(F)cc2F)cc1OCCc1ccc2ccccc2c1. The molecule has 0 unspecified atom stereocenters. The second-order valence-electron chi connectivity index (χ2n) is 7.78. The fourth-order valence-corrected chi connectivity index (χ4v) is 3.56. The molecule has 0 aliphatic carbocycles.